The van der Waals surface area contributed by atoms with Gasteiger partial charge in [-0.1, -0.05) is 16.8 Å². The number of nitrogens with zero attached hydrogens (tertiary/aromatic N) is 3. The zero-order valence-corrected chi connectivity index (χ0v) is 10.1. The van der Waals surface area contributed by atoms with Crippen LogP contribution in [-0.4, -0.2) is 19.7 Å². The average Bonchev–Trinajstić information content (AvgIpc) is 2.88. The first-order valence-corrected chi connectivity index (χ1v) is 5.66. The Kier molecular flexibility index (Phi) is 2.45. The van der Waals surface area contributed by atoms with E-state index in [2.05, 4.69) is 15.1 Å². The molecule has 0 spiro atoms. The quantitative estimate of drug-likeness (QED) is 0.725. The highest BCUT2D eigenvalue weighted by Crippen LogP contribution is 2.17. The highest BCUT2D eigenvalue weighted by Gasteiger charge is 2.08. The van der Waals surface area contributed by atoms with E-state index < -0.39 is 0 Å². The Balaban J connectivity index is 2.16. The maximum absolute atomic E-state index is 5.87. The summed E-state index contributed by atoms with van der Waals surface area (Å²) in [5.41, 5.74) is 1.55. The Hall–Kier alpha value is -1.66. The molecular formula is C10H7ClN4OS. The Morgan fingerprint density at radius 2 is 2.41 bits per heavy atom. The van der Waals surface area contributed by atoms with Crippen molar-refractivity contribution in [3.05, 3.63) is 40.1 Å². The number of hydrogen-bond acceptors (Lipinski definition) is 4. The summed E-state index contributed by atoms with van der Waals surface area (Å²) in [6.45, 7) is 0.494. The summed E-state index contributed by atoms with van der Waals surface area (Å²) < 4.78 is 7.46. The molecule has 7 heteroatoms. The van der Waals surface area contributed by atoms with E-state index in [0.29, 0.717) is 16.3 Å². The average molecular weight is 267 g/mol. The lowest BCUT2D eigenvalue weighted by Crippen LogP contribution is -1.99. The molecule has 0 unspecified atom stereocenters. The van der Waals surface area contributed by atoms with Crippen molar-refractivity contribution in [3.63, 3.8) is 0 Å². The fourth-order valence-corrected chi connectivity index (χ4v) is 2.06. The molecule has 0 aliphatic heterocycles. The first-order valence-electron chi connectivity index (χ1n) is 4.87. The normalized spacial score (nSPS) is 11.1. The molecular weight excluding hydrogens is 260 g/mol. The van der Waals surface area contributed by atoms with Gasteiger partial charge in [0.05, 0.1) is 23.3 Å². The highest BCUT2D eigenvalue weighted by molar-refractivity contribution is 7.71. The van der Waals surface area contributed by atoms with Crippen molar-refractivity contribution in [2.75, 3.05) is 0 Å². The molecule has 1 N–H and O–H groups in total. The van der Waals surface area contributed by atoms with Crippen LogP contribution in [0.15, 0.2) is 29.0 Å². The van der Waals surface area contributed by atoms with Crippen molar-refractivity contribution in [2.24, 2.45) is 0 Å². The Labute approximate surface area is 106 Å². The third-order valence-corrected chi connectivity index (χ3v) is 2.91. The highest BCUT2D eigenvalue weighted by atomic mass is 35.5. The lowest BCUT2D eigenvalue weighted by Gasteiger charge is -1.99. The van der Waals surface area contributed by atoms with E-state index in [1.165, 1.54) is 0 Å². The van der Waals surface area contributed by atoms with E-state index in [4.69, 9.17) is 28.3 Å². The topological polar surface area (TPSA) is 59.6 Å². The summed E-state index contributed by atoms with van der Waals surface area (Å²) in [7, 11) is 0. The van der Waals surface area contributed by atoms with E-state index in [0.717, 1.165) is 16.9 Å². The van der Waals surface area contributed by atoms with Gasteiger partial charge in [0.25, 0.3) is 0 Å². The molecule has 0 saturated heterocycles. The molecule has 0 fully saturated rings. The zero-order valence-electron chi connectivity index (χ0n) is 8.55. The number of rotatable bonds is 2. The Bertz CT molecular complexity index is 716. The van der Waals surface area contributed by atoms with E-state index in [1.54, 1.807) is 24.5 Å². The minimum atomic E-state index is 0.494. The second-order valence-electron chi connectivity index (χ2n) is 3.52. The van der Waals surface area contributed by atoms with Crippen LogP contribution in [0.3, 0.4) is 0 Å². The first-order chi connectivity index (χ1) is 8.24. The minimum absolute atomic E-state index is 0.494. The van der Waals surface area contributed by atoms with Crippen LogP contribution in [0, 0.1) is 4.77 Å². The van der Waals surface area contributed by atoms with Crippen LogP contribution >= 0.6 is 23.8 Å². The number of pyridine rings is 1. The molecule has 0 saturated carbocycles. The SMILES string of the molecule is S=c1[nH]c2cc(Cl)cnc2n1Cc1ccno1. The van der Waals surface area contributed by atoms with Crippen molar-refractivity contribution < 1.29 is 4.52 Å². The molecule has 86 valence electrons. The monoisotopic (exact) mass is 266 g/mol. The van der Waals surface area contributed by atoms with E-state index in [9.17, 15) is 0 Å². The molecule has 0 amide bonds. The van der Waals surface area contributed by atoms with E-state index >= 15 is 0 Å². The number of aromatic amines is 1. The van der Waals surface area contributed by atoms with Crippen molar-refractivity contribution in [1.82, 2.24) is 19.7 Å². The fourth-order valence-electron chi connectivity index (χ4n) is 1.64. The maximum Gasteiger partial charge on any atom is 0.179 e. The number of fused-ring (bicyclic) bond motifs is 1. The number of H-pyrrole nitrogens is 1. The first kappa shape index (κ1) is 10.5. The van der Waals surface area contributed by atoms with Crippen molar-refractivity contribution in [3.8, 4) is 0 Å². The molecule has 0 atom stereocenters. The second-order valence-corrected chi connectivity index (χ2v) is 4.34. The Morgan fingerprint density at radius 1 is 1.53 bits per heavy atom. The van der Waals surface area contributed by atoms with Crippen LogP contribution in [0.25, 0.3) is 11.2 Å². The smallest absolute Gasteiger partial charge is 0.179 e. The van der Waals surface area contributed by atoms with Crippen molar-refractivity contribution in [1.29, 1.82) is 0 Å². The molecule has 0 radical (unpaired) electrons. The maximum atomic E-state index is 5.87. The van der Waals surface area contributed by atoms with Gasteiger partial charge in [-0.25, -0.2) is 4.98 Å². The van der Waals surface area contributed by atoms with Gasteiger partial charge in [-0.05, 0) is 18.3 Å². The molecule has 0 bridgehead atoms. The predicted octanol–water partition coefficient (Wildman–Crippen LogP) is 2.78. The second kappa shape index (κ2) is 3.97. The van der Waals surface area contributed by atoms with Crippen LogP contribution in [0.1, 0.15) is 5.76 Å². The molecule has 3 aromatic rings. The summed E-state index contributed by atoms with van der Waals surface area (Å²) in [6.07, 6.45) is 3.18. The van der Waals surface area contributed by atoms with Gasteiger partial charge in [-0.15, -0.1) is 0 Å². The third-order valence-electron chi connectivity index (χ3n) is 2.38. The summed E-state index contributed by atoms with van der Waals surface area (Å²) in [5.74, 6) is 0.721. The van der Waals surface area contributed by atoms with Crippen molar-refractivity contribution in [2.45, 2.75) is 6.54 Å². The molecule has 3 aromatic heterocycles. The van der Waals surface area contributed by atoms with Gasteiger partial charge in [0.1, 0.15) is 0 Å². The van der Waals surface area contributed by atoms with Gasteiger partial charge in [-0.2, -0.15) is 0 Å². The van der Waals surface area contributed by atoms with Gasteiger partial charge in [0, 0.05) is 12.3 Å². The van der Waals surface area contributed by atoms with E-state index in [1.807, 2.05) is 4.57 Å². The standard InChI is InChI=1S/C10H7ClN4OS/c11-6-3-8-9(12-4-6)15(10(17)14-8)5-7-1-2-13-16-7/h1-4H,5H2,(H,14,17). The molecule has 0 aromatic carbocycles. The molecule has 3 rings (SSSR count). The van der Waals surface area contributed by atoms with Gasteiger partial charge in [0.2, 0.25) is 0 Å². The van der Waals surface area contributed by atoms with Gasteiger partial charge < -0.3 is 9.51 Å². The predicted molar refractivity (Wildman–Crippen MR) is 65.5 cm³/mol. The number of halogens is 1. The van der Waals surface area contributed by atoms with Crippen LogP contribution in [0.5, 0.6) is 0 Å². The largest absolute Gasteiger partial charge is 0.359 e. The lowest BCUT2D eigenvalue weighted by atomic mass is 10.4. The summed E-state index contributed by atoms with van der Waals surface area (Å²) in [6, 6.07) is 3.58. The van der Waals surface area contributed by atoms with Gasteiger partial charge >= 0.3 is 0 Å². The fraction of sp³-hybridized carbons (Fsp3) is 0.100. The van der Waals surface area contributed by atoms with Crippen molar-refractivity contribution >= 4 is 35.0 Å². The molecule has 17 heavy (non-hydrogen) atoms. The van der Waals surface area contributed by atoms with E-state index in [-0.39, 0.29) is 0 Å². The van der Waals surface area contributed by atoms with Crippen LogP contribution in [-0.2, 0) is 6.54 Å². The molecule has 0 aliphatic carbocycles. The van der Waals surface area contributed by atoms with Gasteiger partial charge in [-0.3, -0.25) is 4.57 Å². The zero-order chi connectivity index (χ0) is 11.8. The lowest BCUT2D eigenvalue weighted by molar-refractivity contribution is 0.377. The third kappa shape index (κ3) is 1.85. The minimum Gasteiger partial charge on any atom is -0.359 e. The Morgan fingerprint density at radius 3 is 3.18 bits per heavy atom. The molecule has 5 nitrogen and oxygen atoms in total. The summed E-state index contributed by atoms with van der Waals surface area (Å²) >= 11 is 11.1. The number of nitrogens with one attached hydrogen (secondary N) is 1. The molecule has 3 heterocycles. The molecule has 0 aliphatic rings. The summed E-state index contributed by atoms with van der Waals surface area (Å²) in [4.78, 5) is 7.30. The van der Waals surface area contributed by atoms with Crippen LogP contribution in [0.2, 0.25) is 5.02 Å². The number of imidazole rings is 1. The van der Waals surface area contributed by atoms with Gasteiger partial charge in [0.15, 0.2) is 16.2 Å². The number of aromatic nitrogens is 4. The van der Waals surface area contributed by atoms with Crippen LogP contribution < -0.4 is 0 Å². The summed E-state index contributed by atoms with van der Waals surface area (Å²) in [5, 5.41) is 4.22. The van der Waals surface area contributed by atoms with Crippen LogP contribution in [0.4, 0.5) is 0 Å². The number of hydrogen-bond donors (Lipinski definition) is 1.